The van der Waals surface area contributed by atoms with Crippen LogP contribution in [0, 0.1) is 6.92 Å². The highest BCUT2D eigenvalue weighted by Gasteiger charge is 2.20. The van der Waals surface area contributed by atoms with Gasteiger partial charge in [0, 0.05) is 30.1 Å². The van der Waals surface area contributed by atoms with E-state index in [0.717, 1.165) is 17.1 Å². The third-order valence-corrected chi connectivity index (χ3v) is 2.66. The maximum absolute atomic E-state index is 6.01. The van der Waals surface area contributed by atoms with E-state index in [4.69, 9.17) is 10.5 Å². The van der Waals surface area contributed by atoms with Crippen molar-refractivity contribution < 1.29 is 4.74 Å². The van der Waals surface area contributed by atoms with Crippen LogP contribution in [0.1, 0.15) is 17.6 Å². The summed E-state index contributed by atoms with van der Waals surface area (Å²) in [5.41, 5.74) is 6.77. The molecule has 3 nitrogen and oxygen atoms in total. The monoisotopic (exact) mass is 200 g/mol. The van der Waals surface area contributed by atoms with Crippen LogP contribution in [-0.4, -0.2) is 24.2 Å². The van der Waals surface area contributed by atoms with E-state index >= 15 is 0 Å². The Balaban J connectivity index is 2.57. The highest BCUT2D eigenvalue weighted by atomic mass is 32.1. The lowest BCUT2D eigenvalue weighted by Crippen LogP contribution is -2.43. The van der Waals surface area contributed by atoms with Crippen molar-refractivity contribution in [2.24, 2.45) is 5.73 Å². The summed E-state index contributed by atoms with van der Waals surface area (Å²) >= 11 is 1.66. The van der Waals surface area contributed by atoms with Crippen LogP contribution in [0.15, 0.2) is 5.38 Å². The minimum atomic E-state index is -0.307. The fourth-order valence-corrected chi connectivity index (χ4v) is 2.18. The Hall–Kier alpha value is -0.450. The van der Waals surface area contributed by atoms with Gasteiger partial charge in [0.1, 0.15) is 0 Å². The number of ether oxygens (including phenoxy) is 1. The van der Waals surface area contributed by atoms with Crippen LogP contribution < -0.4 is 5.73 Å². The van der Waals surface area contributed by atoms with Gasteiger partial charge in [0.2, 0.25) is 0 Å². The molecule has 0 radical (unpaired) electrons. The van der Waals surface area contributed by atoms with E-state index in [0.29, 0.717) is 6.61 Å². The van der Waals surface area contributed by atoms with Crippen LogP contribution in [0.2, 0.25) is 0 Å². The molecule has 0 fully saturated rings. The molecule has 1 atom stereocenters. The standard InChI is InChI=1S/C9H16N2OS/c1-7-5-13-8(11-7)4-9(2,10)6-12-3/h5H,4,6,10H2,1-3H3. The molecule has 0 saturated carbocycles. The molecule has 0 aliphatic carbocycles. The van der Waals surface area contributed by atoms with Gasteiger partial charge in [0.25, 0.3) is 0 Å². The quantitative estimate of drug-likeness (QED) is 0.798. The fraction of sp³-hybridized carbons (Fsp3) is 0.667. The number of nitrogens with two attached hydrogens (primary N) is 1. The van der Waals surface area contributed by atoms with E-state index in [9.17, 15) is 0 Å². The van der Waals surface area contributed by atoms with Gasteiger partial charge in [-0.25, -0.2) is 4.98 Å². The maximum Gasteiger partial charge on any atom is 0.0947 e. The van der Waals surface area contributed by atoms with Gasteiger partial charge in [0.05, 0.1) is 11.6 Å². The summed E-state index contributed by atoms with van der Waals surface area (Å²) in [5.74, 6) is 0. The third kappa shape index (κ3) is 3.42. The smallest absolute Gasteiger partial charge is 0.0947 e. The molecule has 1 aromatic rings. The molecule has 0 amide bonds. The number of aromatic nitrogens is 1. The summed E-state index contributed by atoms with van der Waals surface area (Å²) in [6.07, 6.45) is 0.777. The molecule has 0 spiro atoms. The Bertz CT molecular complexity index is 270. The van der Waals surface area contributed by atoms with Gasteiger partial charge in [-0.3, -0.25) is 0 Å². The first-order chi connectivity index (χ1) is 6.03. The second kappa shape index (κ2) is 4.17. The lowest BCUT2D eigenvalue weighted by atomic mass is 10.0. The zero-order valence-electron chi connectivity index (χ0n) is 8.33. The average molecular weight is 200 g/mol. The van der Waals surface area contributed by atoms with Crippen LogP contribution in [0.3, 0.4) is 0 Å². The Morgan fingerprint density at radius 3 is 2.85 bits per heavy atom. The second-order valence-electron chi connectivity index (χ2n) is 3.65. The molecule has 4 heteroatoms. The predicted molar refractivity (Wildman–Crippen MR) is 55.0 cm³/mol. The molecule has 0 aromatic carbocycles. The molecule has 0 aliphatic rings. The van der Waals surface area contributed by atoms with E-state index in [1.54, 1.807) is 18.4 Å². The van der Waals surface area contributed by atoms with Crippen molar-refractivity contribution in [1.29, 1.82) is 0 Å². The van der Waals surface area contributed by atoms with Crippen molar-refractivity contribution in [1.82, 2.24) is 4.98 Å². The third-order valence-electron chi connectivity index (χ3n) is 1.70. The van der Waals surface area contributed by atoms with Gasteiger partial charge >= 0.3 is 0 Å². The average Bonchev–Trinajstić information content (AvgIpc) is 2.34. The number of hydrogen-bond donors (Lipinski definition) is 1. The van der Waals surface area contributed by atoms with Crippen molar-refractivity contribution in [2.45, 2.75) is 25.8 Å². The SMILES string of the molecule is COCC(C)(N)Cc1nc(C)cs1. The van der Waals surface area contributed by atoms with Crippen LogP contribution in [0.5, 0.6) is 0 Å². The minimum absolute atomic E-state index is 0.307. The number of aryl methyl sites for hydroxylation is 1. The minimum Gasteiger partial charge on any atom is -0.383 e. The summed E-state index contributed by atoms with van der Waals surface area (Å²) in [6.45, 7) is 4.53. The van der Waals surface area contributed by atoms with Crippen molar-refractivity contribution >= 4 is 11.3 Å². The summed E-state index contributed by atoms with van der Waals surface area (Å²) < 4.78 is 5.04. The Kier molecular flexibility index (Phi) is 3.41. The molecule has 1 heterocycles. The van der Waals surface area contributed by atoms with E-state index < -0.39 is 0 Å². The molecule has 13 heavy (non-hydrogen) atoms. The van der Waals surface area contributed by atoms with E-state index in [1.807, 2.05) is 19.2 Å². The van der Waals surface area contributed by atoms with Gasteiger partial charge in [0.15, 0.2) is 0 Å². The van der Waals surface area contributed by atoms with Gasteiger partial charge < -0.3 is 10.5 Å². The summed E-state index contributed by atoms with van der Waals surface area (Å²) in [5, 5.41) is 3.12. The normalized spacial score (nSPS) is 15.7. The van der Waals surface area contributed by atoms with Gasteiger partial charge in [-0.15, -0.1) is 11.3 Å². The Morgan fingerprint density at radius 1 is 1.69 bits per heavy atom. The molecule has 0 bridgehead atoms. The Morgan fingerprint density at radius 2 is 2.38 bits per heavy atom. The number of nitrogens with zero attached hydrogens (tertiary/aromatic N) is 1. The number of methoxy groups -OCH3 is 1. The van der Waals surface area contributed by atoms with Gasteiger partial charge in [-0.05, 0) is 13.8 Å². The van der Waals surface area contributed by atoms with E-state index in [1.165, 1.54) is 0 Å². The summed E-state index contributed by atoms with van der Waals surface area (Å²) in [6, 6.07) is 0. The highest BCUT2D eigenvalue weighted by molar-refractivity contribution is 7.09. The lowest BCUT2D eigenvalue weighted by molar-refractivity contribution is 0.141. The number of thiazole rings is 1. The molecule has 0 saturated heterocycles. The first-order valence-electron chi connectivity index (χ1n) is 4.22. The fourth-order valence-electron chi connectivity index (χ4n) is 1.21. The molecule has 74 valence electrons. The molecule has 1 unspecified atom stereocenters. The number of rotatable bonds is 4. The first kappa shape index (κ1) is 10.6. The molecule has 1 rings (SSSR count). The molecular formula is C9H16N2OS. The first-order valence-corrected chi connectivity index (χ1v) is 5.10. The molecular weight excluding hydrogens is 184 g/mol. The largest absolute Gasteiger partial charge is 0.383 e. The van der Waals surface area contributed by atoms with Crippen LogP contribution in [0.4, 0.5) is 0 Å². The highest BCUT2D eigenvalue weighted by Crippen LogP contribution is 2.15. The zero-order valence-corrected chi connectivity index (χ0v) is 9.15. The molecule has 1 aromatic heterocycles. The summed E-state index contributed by atoms with van der Waals surface area (Å²) in [7, 11) is 1.66. The maximum atomic E-state index is 6.01. The van der Waals surface area contributed by atoms with Crippen molar-refractivity contribution in [3.05, 3.63) is 16.1 Å². The Labute approximate surface area is 82.9 Å². The molecule has 2 N–H and O–H groups in total. The van der Waals surface area contributed by atoms with Gasteiger partial charge in [-0.1, -0.05) is 0 Å². The van der Waals surface area contributed by atoms with Crippen LogP contribution >= 0.6 is 11.3 Å². The number of hydrogen-bond acceptors (Lipinski definition) is 4. The van der Waals surface area contributed by atoms with Crippen LogP contribution in [0.25, 0.3) is 0 Å². The lowest BCUT2D eigenvalue weighted by Gasteiger charge is -2.21. The van der Waals surface area contributed by atoms with Crippen LogP contribution in [-0.2, 0) is 11.2 Å². The topological polar surface area (TPSA) is 48.1 Å². The van der Waals surface area contributed by atoms with Crippen molar-refractivity contribution in [2.75, 3.05) is 13.7 Å². The van der Waals surface area contributed by atoms with Crippen molar-refractivity contribution in [3.8, 4) is 0 Å². The van der Waals surface area contributed by atoms with Gasteiger partial charge in [-0.2, -0.15) is 0 Å². The summed E-state index contributed by atoms with van der Waals surface area (Å²) in [4.78, 5) is 4.36. The van der Waals surface area contributed by atoms with E-state index in [-0.39, 0.29) is 5.54 Å². The molecule has 0 aliphatic heterocycles. The predicted octanol–water partition coefficient (Wildman–Crippen LogP) is 1.36. The second-order valence-corrected chi connectivity index (χ2v) is 4.59. The van der Waals surface area contributed by atoms with Crippen molar-refractivity contribution in [3.63, 3.8) is 0 Å². The van der Waals surface area contributed by atoms with E-state index in [2.05, 4.69) is 4.98 Å². The zero-order chi connectivity index (χ0) is 9.90.